The SMILES string of the molecule is CC1(C)Oc2c(c(O)c3ccccc3c2O)C1n1cc(C2CCCCC2)nn1. The zero-order valence-corrected chi connectivity index (χ0v) is 16.2. The fraction of sp³-hybridized carbons (Fsp3) is 0.455. The fourth-order valence-electron chi connectivity index (χ4n) is 4.87. The molecule has 1 aliphatic heterocycles. The second kappa shape index (κ2) is 6.12. The summed E-state index contributed by atoms with van der Waals surface area (Å²) in [6.45, 7) is 3.90. The lowest BCUT2D eigenvalue weighted by Gasteiger charge is -2.26. The lowest BCUT2D eigenvalue weighted by atomic mass is 9.87. The number of nitrogens with zero attached hydrogens (tertiary/aromatic N) is 3. The third-order valence-corrected chi connectivity index (χ3v) is 6.27. The van der Waals surface area contributed by atoms with Gasteiger partial charge in [0.25, 0.3) is 0 Å². The van der Waals surface area contributed by atoms with Crippen LogP contribution >= 0.6 is 0 Å². The standard InChI is InChI=1S/C22H25N3O3/c1-22(2)21(25-12-16(23-24-25)13-8-4-3-5-9-13)17-18(26)14-10-6-7-11-15(14)19(27)20(17)28-22/h6-7,10-13,21,26-27H,3-5,8-9H2,1-2H3. The van der Waals surface area contributed by atoms with Gasteiger partial charge in [-0.2, -0.15) is 0 Å². The van der Waals surface area contributed by atoms with E-state index in [1.807, 2.05) is 38.2 Å². The van der Waals surface area contributed by atoms with Gasteiger partial charge in [0, 0.05) is 22.9 Å². The molecule has 2 heterocycles. The maximum absolute atomic E-state index is 11.1. The van der Waals surface area contributed by atoms with E-state index >= 15 is 0 Å². The molecule has 28 heavy (non-hydrogen) atoms. The number of aromatic nitrogens is 3. The van der Waals surface area contributed by atoms with Gasteiger partial charge in [0.15, 0.2) is 11.5 Å². The Bertz CT molecular complexity index is 1050. The Labute approximate surface area is 163 Å². The highest BCUT2D eigenvalue weighted by Crippen LogP contribution is 2.56. The first-order valence-electron chi connectivity index (χ1n) is 10.0. The second-order valence-electron chi connectivity index (χ2n) is 8.55. The van der Waals surface area contributed by atoms with Gasteiger partial charge in [-0.15, -0.1) is 5.10 Å². The molecule has 1 saturated carbocycles. The van der Waals surface area contributed by atoms with Crippen LogP contribution in [0.3, 0.4) is 0 Å². The van der Waals surface area contributed by atoms with Gasteiger partial charge in [-0.25, -0.2) is 4.68 Å². The Morgan fingerprint density at radius 1 is 1.04 bits per heavy atom. The summed E-state index contributed by atoms with van der Waals surface area (Å²) in [6, 6.07) is 6.90. The molecule has 1 aromatic heterocycles. The Balaban J connectivity index is 1.65. The minimum atomic E-state index is -0.688. The van der Waals surface area contributed by atoms with E-state index in [-0.39, 0.29) is 17.5 Å². The first kappa shape index (κ1) is 17.3. The number of aromatic hydroxyl groups is 2. The molecule has 2 aliphatic rings. The fourth-order valence-corrected chi connectivity index (χ4v) is 4.87. The smallest absolute Gasteiger partial charge is 0.171 e. The minimum absolute atomic E-state index is 0.0617. The molecule has 3 aromatic rings. The molecular weight excluding hydrogens is 354 g/mol. The number of phenolic OH excluding ortho intramolecular Hbond substituents is 2. The van der Waals surface area contributed by atoms with Crippen LogP contribution in [0.2, 0.25) is 0 Å². The lowest BCUT2D eigenvalue weighted by Crippen LogP contribution is -2.35. The van der Waals surface area contributed by atoms with Crippen LogP contribution in [0, 0.1) is 0 Å². The average molecular weight is 379 g/mol. The quantitative estimate of drug-likeness (QED) is 0.634. The molecule has 6 heteroatoms. The monoisotopic (exact) mass is 379 g/mol. The number of hydrogen-bond acceptors (Lipinski definition) is 5. The number of phenols is 2. The molecule has 0 spiro atoms. The predicted molar refractivity (Wildman–Crippen MR) is 106 cm³/mol. The summed E-state index contributed by atoms with van der Waals surface area (Å²) in [4.78, 5) is 0. The van der Waals surface area contributed by atoms with Crippen molar-refractivity contribution < 1.29 is 14.9 Å². The number of ether oxygens (including phenoxy) is 1. The molecule has 146 valence electrons. The summed E-state index contributed by atoms with van der Waals surface area (Å²) < 4.78 is 7.93. The highest BCUT2D eigenvalue weighted by molar-refractivity contribution is 5.97. The third-order valence-electron chi connectivity index (χ3n) is 6.27. The topological polar surface area (TPSA) is 80.4 Å². The number of hydrogen-bond donors (Lipinski definition) is 2. The second-order valence-corrected chi connectivity index (χ2v) is 8.55. The van der Waals surface area contributed by atoms with E-state index in [9.17, 15) is 10.2 Å². The van der Waals surface area contributed by atoms with E-state index in [4.69, 9.17) is 4.74 Å². The van der Waals surface area contributed by atoms with Gasteiger partial charge in [-0.1, -0.05) is 48.7 Å². The number of benzene rings is 2. The zero-order valence-electron chi connectivity index (χ0n) is 16.2. The Morgan fingerprint density at radius 3 is 2.43 bits per heavy atom. The van der Waals surface area contributed by atoms with E-state index in [0.29, 0.717) is 28.0 Å². The van der Waals surface area contributed by atoms with Crippen molar-refractivity contribution in [3.05, 3.63) is 41.7 Å². The summed E-state index contributed by atoms with van der Waals surface area (Å²) in [6.07, 6.45) is 8.05. The van der Waals surface area contributed by atoms with E-state index in [1.165, 1.54) is 19.3 Å². The van der Waals surface area contributed by atoms with Crippen molar-refractivity contribution in [1.29, 1.82) is 0 Å². The van der Waals surface area contributed by atoms with Crippen LogP contribution in [0.5, 0.6) is 17.2 Å². The van der Waals surface area contributed by atoms with Crippen molar-refractivity contribution in [3.8, 4) is 17.2 Å². The van der Waals surface area contributed by atoms with Crippen molar-refractivity contribution in [3.63, 3.8) is 0 Å². The van der Waals surface area contributed by atoms with Gasteiger partial charge in [0.05, 0.1) is 11.3 Å². The number of rotatable bonds is 2. The van der Waals surface area contributed by atoms with Crippen LogP contribution in [0.15, 0.2) is 30.5 Å². The predicted octanol–water partition coefficient (Wildman–Crippen LogP) is 4.65. The lowest BCUT2D eigenvalue weighted by molar-refractivity contribution is 0.0904. The molecule has 0 saturated heterocycles. The van der Waals surface area contributed by atoms with Gasteiger partial charge < -0.3 is 14.9 Å². The summed E-state index contributed by atoms with van der Waals surface area (Å²) in [7, 11) is 0. The Kier molecular flexibility index (Phi) is 3.79. The molecule has 1 atom stereocenters. The molecule has 2 N–H and O–H groups in total. The van der Waals surface area contributed by atoms with Gasteiger partial charge >= 0.3 is 0 Å². The Hall–Kier alpha value is -2.76. The molecule has 1 aliphatic carbocycles. The molecule has 0 bridgehead atoms. The summed E-state index contributed by atoms with van der Waals surface area (Å²) in [5, 5.41) is 31.9. The zero-order chi connectivity index (χ0) is 19.5. The van der Waals surface area contributed by atoms with Crippen LogP contribution in [0.4, 0.5) is 0 Å². The normalized spacial score (nSPS) is 21.6. The van der Waals surface area contributed by atoms with Crippen molar-refractivity contribution in [1.82, 2.24) is 15.0 Å². The van der Waals surface area contributed by atoms with E-state index < -0.39 is 5.60 Å². The van der Waals surface area contributed by atoms with Crippen molar-refractivity contribution in [2.75, 3.05) is 0 Å². The maximum Gasteiger partial charge on any atom is 0.171 e. The summed E-state index contributed by atoms with van der Waals surface area (Å²) >= 11 is 0. The molecule has 6 nitrogen and oxygen atoms in total. The molecule has 0 amide bonds. The highest BCUT2D eigenvalue weighted by Gasteiger charge is 2.47. The van der Waals surface area contributed by atoms with Crippen LogP contribution in [0.25, 0.3) is 10.8 Å². The highest BCUT2D eigenvalue weighted by atomic mass is 16.5. The van der Waals surface area contributed by atoms with Gasteiger partial charge in [-0.05, 0) is 26.7 Å². The first-order chi connectivity index (χ1) is 13.5. The van der Waals surface area contributed by atoms with E-state index in [0.717, 1.165) is 18.5 Å². The average Bonchev–Trinajstić information content (AvgIpc) is 3.28. The van der Waals surface area contributed by atoms with Crippen molar-refractivity contribution >= 4 is 10.8 Å². The third kappa shape index (κ3) is 2.47. The molecular formula is C22H25N3O3. The van der Waals surface area contributed by atoms with Gasteiger partial charge in [-0.3, -0.25) is 0 Å². The minimum Gasteiger partial charge on any atom is -0.507 e. The van der Waals surface area contributed by atoms with Crippen LogP contribution in [-0.4, -0.2) is 30.8 Å². The maximum atomic E-state index is 11.1. The van der Waals surface area contributed by atoms with Crippen molar-refractivity contribution in [2.24, 2.45) is 0 Å². The molecule has 1 fully saturated rings. The van der Waals surface area contributed by atoms with Crippen LogP contribution in [-0.2, 0) is 0 Å². The number of fused-ring (bicyclic) bond motifs is 2. The molecule has 0 radical (unpaired) electrons. The first-order valence-corrected chi connectivity index (χ1v) is 10.0. The van der Waals surface area contributed by atoms with E-state index in [1.54, 1.807) is 10.7 Å². The molecule has 2 aromatic carbocycles. The Morgan fingerprint density at radius 2 is 1.71 bits per heavy atom. The van der Waals surface area contributed by atoms with Gasteiger partial charge in [0.2, 0.25) is 0 Å². The summed E-state index contributed by atoms with van der Waals surface area (Å²) in [5.74, 6) is 0.979. The van der Waals surface area contributed by atoms with E-state index in [2.05, 4.69) is 10.3 Å². The molecule has 5 rings (SSSR count). The van der Waals surface area contributed by atoms with Gasteiger partial charge in [0.1, 0.15) is 17.4 Å². The largest absolute Gasteiger partial charge is 0.507 e. The summed E-state index contributed by atoms with van der Waals surface area (Å²) in [5.41, 5.74) is 0.890. The van der Waals surface area contributed by atoms with Crippen LogP contribution in [0.1, 0.15) is 69.2 Å². The molecule has 1 unspecified atom stereocenters. The van der Waals surface area contributed by atoms with Crippen LogP contribution < -0.4 is 4.74 Å². The van der Waals surface area contributed by atoms with Crippen molar-refractivity contribution in [2.45, 2.75) is 63.5 Å².